The second-order valence-corrected chi connectivity index (χ2v) is 2.41. The van der Waals surface area contributed by atoms with Gasteiger partial charge in [0.25, 0.3) is 0 Å². The van der Waals surface area contributed by atoms with Crippen molar-refractivity contribution in [1.82, 2.24) is 0 Å². The van der Waals surface area contributed by atoms with Gasteiger partial charge in [-0.1, -0.05) is 22.6 Å². The minimum Gasteiger partial charge on any atom is -0.479 e. The first kappa shape index (κ1) is 8.16. The number of halogens is 1. The summed E-state index contributed by atoms with van der Waals surface area (Å²) < 4.78 is 0.672. The molecular formula is C4H7IO3. The van der Waals surface area contributed by atoms with Crippen LogP contribution in [-0.4, -0.2) is 26.7 Å². The molecule has 0 saturated heterocycles. The average Bonchev–Trinajstić information content (AvgIpc) is 1.67. The van der Waals surface area contributed by atoms with Crippen molar-refractivity contribution in [3.8, 4) is 0 Å². The molecule has 0 heterocycles. The van der Waals surface area contributed by atoms with Gasteiger partial charge in [-0.05, 0) is 6.42 Å². The number of aliphatic carboxylic acids is 1. The van der Waals surface area contributed by atoms with Gasteiger partial charge in [0.05, 0.1) is 0 Å². The van der Waals surface area contributed by atoms with E-state index in [0.29, 0.717) is 10.8 Å². The number of hydrogen-bond acceptors (Lipinski definition) is 2. The molecule has 4 heteroatoms. The highest BCUT2D eigenvalue weighted by Gasteiger charge is 2.10. The second-order valence-electron chi connectivity index (χ2n) is 1.33. The largest absolute Gasteiger partial charge is 0.479 e. The molecule has 0 radical (unpaired) electrons. The standard InChI is InChI=1S/C4H7IO3/c5-2-1-3(6)4(7)8/h3,6H,1-2H2,(H,7,8)/t3-/m1/s1. The van der Waals surface area contributed by atoms with E-state index < -0.39 is 12.1 Å². The van der Waals surface area contributed by atoms with Crippen molar-refractivity contribution < 1.29 is 15.0 Å². The molecule has 1 atom stereocenters. The van der Waals surface area contributed by atoms with Crippen LogP contribution in [0.2, 0.25) is 0 Å². The van der Waals surface area contributed by atoms with Crippen molar-refractivity contribution >= 4 is 28.6 Å². The lowest BCUT2D eigenvalue weighted by molar-refractivity contribution is -0.146. The molecule has 0 aromatic rings. The number of hydrogen-bond donors (Lipinski definition) is 2. The van der Waals surface area contributed by atoms with Crippen LogP contribution in [-0.2, 0) is 4.79 Å². The molecule has 8 heavy (non-hydrogen) atoms. The second kappa shape index (κ2) is 4.08. The first-order valence-corrected chi connectivity index (χ1v) is 3.68. The van der Waals surface area contributed by atoms with E-state index in [2.05, 4.69) is 0 Å². The van der Waals surface area contributed by atoms with E-state index >= 15 is 0 Å². The van der Waals surface area contributed by atoms with Gasteiger partial charge in [0.1, 0.15) is 0 Å². The van der Waals surface area contributed by atoms with Crippen LogP contribution in [0.5, 0.6) is 0 Å². The lowest BCUT2D eigenvalue weighted by atomic mass is 10.3. The summed E-state index contributed by atoms with van der Waals surface area (Å²) in [7, 11) is 0. The summed E-state index contributed by atoms with van der Waals surface area (Å²) in [5.74, 6) is -1.14. The molecule has 2 N–H and O–H groups in total. The van der Waals surface area contributed by atoms with Gasteiger partial charge in [-0.25, -0.2) is 4.79 Å². The van der Waals surface area contributed by atoms with Crippen molar-refractivity contribution in [2.24, 2.45) is 0 Å². The van der Waals surface area contributed by atoms with Crippen LogP contribution >= 0.6 is 22.6 Å². The zero-order valence-corrected chi connectivity index (χ0v) is 6.33. The van der Waals surface area contributed by atoms with Gasteiger partial charge < -0.3 is 10.2 Å². The van der Waals surface area contributed by atoms with E-state index in [1.165, 1.54) is 0 Å². The van der Waals surface area contributed by atoms with Gasteiger partial charge in [-0.15, -0.1) is 0 Å². The Hall–Kier alpha value is 0.160. The SMILES string of the molecule is O=C(O)[C@H](O)CCI. The van der Waals surface area contributed by atoms with Gasteiger partial charge in [0.2, 0.25) is 0 Å². The third-order valence-electron chi connectivity index (χ3n) is 0.668. The number of carbonyl (C=O) groups is 1. The molecular weight excluding hydrogens is 223 g/mol. The van der Waals surface area contributed by atoms with Crippen LogP contribution in [0, 0.1) is 0 Å². The van der Waals surface area contributed by atoms with Crippen LogP contribution in [0.4, 0.5) is 0 Å². The summed E-state index contributed by atoms with van der Waals surface area (Å²) in [6, 6.07) is 0. The fraction of sp³-hybridized carbons (Fsp3) is 0.750. The fourth-order valence-electron chi connectivity index (χ4n) is 0.227. The molecule has 3 nitrogen and oxygen atoms in total. The summed E-state index contributed by atoms with van der Waals surface area (Å²) in [4.78, 5) is 9.84. The molecule has 0 aliphatic heterocycles. The quantitative estimate of drug-likeness (QED) is 0.540. The van der Waals surface area contributed by atoms with Crippen molar-refractivity contribution in [2.45, 2.75) is 12.5 Å². The third kappa shape index (κ3) is 3.20. The molecule has 0 rings (SSSR count). The smallest absolute Gasteiger partial charge is 0.332 e. The molecule has 0 aliphatic rings. The van der Waals surface area contributed by atoms with Gasteiger partial charge in [0.15, 0.2) is 6.10 Å². The Kier molecular flexibility index (Phi) is 4.16. The van der Waals surface area contributed by atoms with Crippen molar-refractivity contribution in [2.75, 3.05) is 4.43 Å². The Balaban J connectivity index is 3.32. The van der Waals surface area contributed by atoms with Crippen LogP contribution in [0.25, 0.3) is 0 Å². The topological polar surface area (TPSA) is 57.5 Å². The summed E-state index contributed by atoms with van der Waals surface area (Å²) >= 11 is 2.01. The minimum atomic E-state index is -1.17. The van der Waals surface area contributed by atoms with Gasteiger partial charge in [-0.3, -0.25) is 0 Å². The summed E-state index contributed by atoms with van der Waals surface area (Å²) in [6.07, 6.45) is -0.845. The van der Waals surface area contributed by atoms with Crippen LogP contribution in [0.15, 0.2) is 0 Å². The zero-order valence-electron chi connectivity index (χ0n) is 4.17. The number of aliphatic hydroxyl groups excluding tert-OH is 1. The number of alkyl halides is 1. The highest BCUT2D eigenvalue weighted by atomic mass is 127. The Labute approximate surface area is 60.8 Å². The highest BCUT2D eigenvalue weighted by molar-refractivity contribution is 14.1. The normalized spacial score (nSPS) is 13.2. The Morgan fingerprint density at radius 1 is 1.75 bits per heavy atom. The van der Waals surface area contributed by atoms with Gasteiger partial charge >= 0.3 is 5.97 Å². The number of carboxylic acid groups (broad SMARTS) is 1. The predicted octanol–water partition coefficient (Wildman–Crippen LogP) is 0.257. The van der Waals surface area contributed by atoms with E-state index in [1.54, 1.807) is 0 Å². The molecule has 0 aromatic heterocycles. The maximum Gasteiger partial charge on any atom is 0.332 e. The lowest BCUT2D eigenvalue weighted by Gasteiger charge is -1.98. The van der Waals surface area contributed by atoms with Gasteiger partial charge in [0, 0.05) is 4.43 Å². The van der Waals surface area contributed by atoms with Gasteiger partial charge in [-0.2, -0.15) is 0 Å². The molecule has 0 bridgehead atoms. The first-order valence-electron chi connectivity index (χ1n) is 2.15. The molecule has 0 saturated carbocycles. The Morgan fingerprint density at radius 2 is 2.25 bits per heavy atom. The van der Waals surface area contributed by atoms with Crippen molar-refractivity contribution in [3.05, 3.63) is 0 Å². The Morgan fingerprint density at radius 3 is 2.38 bits per heavy atom. The number of rotatable bonds is 3. The maximum absolute atomic E-state index is 9.84. The van der Waals surface area contributed by atoms with Crippen LogP contribution < -0.4 is 0 Å². The molecule has 0 spiro atoms. The molecule has 0 unspecified atom stereocenters. The van der Waals surface area contributed by atoms with E-state index in [9.17, 15) is 4.79 Å². The van der Waals surface area contributed by atoms with Crippen molar-refractivity contribution in [3.63, 3.8) is 0 Å². The van der Waals surface area contributed by atoms with Crippen LogP contribution in [0.1, 0.15) is 6.42 Å². The first-order chi connectivity index (χ1) is 3.68. The molecule has 48 valence electrons. The monoisotopic (exact) mass is 230 g/mol. The maximum atomic E-state index is 9.84. The number of carboxylic acids is 1. The molecule has 0 fully saturated rings. The Bertz CT molecular complexity index is 83.4. The zero-order chi connectivity index (χ0) is 6.57. The van der Waals surface area contributed by atoms with E-state index in [0.717, 1.165) is 0 Å². The molecule has 0 amide bonds. The summed E-state index contributed by atoms with van der Waals surface area (Å²) in [5.41, 5.74) is 0. The fourth-order valence-corrected chi connectivity index (χ4v) is 0.817. The third-order valence-corrected chi connectivity index (χ3v) is 1.29. The van der Waals surface area contributed by atoms with E-state index in [-0.39, 0.29) is 0 Å². The van der Waals surface area contributed by atoms with Crippen molar-refractivity contribution in [1.29, 1.82) is 0 Å². The average molecular weight is 230 g/mol. The van der Waals surface area contributed by atoms with Crippen LogP contribution in [0.3, 0.4) is 0 Å². The number of aliphatic hydroxyl groups is 1. The molecule has 0 aliphatic carbocycles. The lowest BCUT2D eigenvalue weighted by Crippen LogP contribution is -2.19. The highest BCUT2D eigenvalue weighted by Crippen LogP contribution is 1.94. The molecule has 0 aromatic carbocycles. The minimum absolute atomic E-state index is 0.329. The van der Waals surface area contributed by atoms with E-state index in [1.807, 2.05) is 22.6 Å². The summed E-state index contributed by atoms with van der Waals surface area (Å²) in [5, 5.41) is 16.6. The summed E-state index contributed by atoms with van der Waals surface area (Å²) in [6.45, 7) is 0. The predicted molar refractivity (Wildman–Crippen MR) is 37.1 cm³/mol. The van der Waals surface area contributed by atoms with E-state index in [4.69, 9.17) is 10.2 Å².